The first-order valence-corrected chi connectivity index (χ1v) is 6.79. The molecule has 0 aliphatic carbocycles. The molecule has 0 aliphatic heterocycles. The number of amides is 1. The summed E-state index contributed by atoms with van der Waals surface area (Å²) < 4.78 is 0. The standard InChI is InChI=1S/C14H14N4OS/c1-7-9(3)20-14(12(7)5-15)18-13(19)11-4-10(16)6-17-8(11)2/h4,6H,16H2,1-3H3,(H,18,19). The number of aryl methyl sites for hydroxylation is 2. The van der Waals surface area contributed by atoms with Crippen molar-refractivity contribution < 1.29 is 4.79 Å². The van der Waals surface area contributed by atoms with Crippen LogP contribution in [0.15, 0.2) is 12.3 Å². The Balaban J connectivity index is 2.36. The molecular weight excluding hydrogens is 272 g/mol. The zero-order chi connectivity index (χ0) is 14.9. The number of hydrogen-bond donors (Lipinski definition) is 2. The van der Waals surface area contributed by atoms with Gasteiger partial charge in [-0.2, -0.15) is 5.26 Å². The fourth-order valence-electron chi connectivity index (χ4n) is 1.80. The van der Waals surface area contributed by atoms with Crippen molar-refractivity contribution >= 4 is 27.9 Å². The molecule has 3 N–H and O–H groups in total. The van der Waals surface area contributed by atoms with Crippen LogP contribution in [0.2, 0.25) is 0 Å². The van der Waals surface area contributed by atoms with Crippen molar-refractivity contribution in [2.24, 2.45) is 0 Å². The lowest BCUT2D eigenvalue weighted by molar-refractivity contribution is 0.102. The average molecular weight is 286 g/mol. The molecule has 0 saturated carbocycles. The highest BCUT2D eigenvalue weighted by Gasteiger charge is 2.17. The minimum atomic E-state index is -0.306. The van der Waals surface area contributed by atoms with E-state index < -0.39 is 0 Å². The minimum absolute atomic E-state index is 0.306. The number of aromatic nitrogens is 1. The molecule has 0 atom stereocenters. The topological polar surface area (TPSA) is 91.8 Å². The number of pyridine rings is 1. The summed E-state index contributed by atoms with van der Waals surface area (Å²) in [6.07, 6.45) is 1.51. The molecule has 0 saturated heterocycles. The molecule has 0 unspecified atom stereocenters. The van der Waals surface area contributed by atoms with Crippen LogP contribution < -0.4 is 11.1 Å². The van der Waals surface area contributed by atoms with Gasteiger partial charge < -0.3 is 11.1 Å². The minimum Gasteiger partial charge on any atom is -0.397 e. The number of anilines is 2. The Hall–Kier alpha value is -2.39. The number of nitrogens with one attached hydrogen (secondary N) is 1. The van der Waals surface area contributed by atoms with E-state index in [1.807, 2.05) is 13.8 Å². The lowest BCUT2D eigenvalue weighted by atomic mass is 10.1. The van der Waals surface area contributed by atoms with Gasteiger partial charge in [-0.3, -0.25) is 9.78 Å². The van der Waals surface area contributed by atoms with Gasteiger partial charge in [-0.15, -0.1) is 11.3 Å². The van der Waals surface area contributed by atoms with Crippen molar-refractivity contribution in [2.45, 2.75) is 20.8 Å². The zero-order valence-electron chi connectivity index (χ0n) is 11.4. The molecule has 0 spiro atoms. The second-order valence-electron chi connectivity index (χ2n) is 4.45. The summed E-state index contributed by atoms with van der Waals surface area (Å²) in [7, 11) is 0. The number of carbonyl (C=O) groups is 1. The molecule has 5 nitrogen and oxygen atoms in total. The summed E-state index contributed by atoms with van der Waals surface area (Å²) in [6, 6.07) is 3.70. The molecular formula is C14H14N4OS. The molecule has 0 radical (unpaired) electrons. The van der Waals surface area contributed by atoms with E-state index in [1.165, 1.54) is 17.5 Å². The molecule has 2 rings (SSSR count). The van der Waals surface area contributed by atoms with Crippen LogP contribution in [0.1, 0.15) is 32.1 Å². The number of nitriles is 1. The van der Waals surface area contributed by atoms with Crippen LogP contribution in [-0.2, 0) is 0 Å². The number of hydrogen-bond acceptors (Lipinski definition) is 5. The number of carbonyl (C=O) groups excluding carboxylic acids is 1. The lowest BCUT2D eigenvalue weighted by Gasteiger charge is -2.06. The van der Waals surface area contributed by atoms with E-state index in [1.54, 1.807) is 13.0 Å². The average Bonchev–Trinajstić information content (AvgIpc) is 2.67. The summed E-state index contributed by atoms with van der Waals surface area (Å²) >= 11 is 1.39. The van der Waals surface area contributed by atoms with E-state index in [2.05, 4.69) is 16.4 Å². The van der Waals surface area contributed by atoms with Gasteiger partial charge in [0, 0.05) is 4.88 Å². The quantitative estimate of drug-likeness (QED) is 0.888. The number of rotatable bonds is 2. The van der Waals surface area contributed by atoms with Crippen molar-refractivity contribution in [1.82, 2.24) is 4.98 Å². The second kappa shape index (κ2) is 5.31. The van der Waals surface area contributed by atoms with E-state index in [0.717, 1.165) is 10.4 Å². The second-order valence-corrected chi connectivity index (χ2v) is 5.68. The maximum Gasteiger partial charge on any atom is 0.258 e. The third-order valence-corrected chi connectivity index (χ3v) is 4.20. The van der Waals surface area contributed by atoms with Crippen LogP contribution in [0.5, 0.6) is 0 Å². The highest BCUT2D eigenvalue weighted by Crippen LogP contribution is 2.32. The summed E-state index contributed by atoms with van der Waals surface area (Å²) in [5, 5.41) is 12.5. The first kappa shape index (κ1) is 14.0. The van der Waals surface area contributed by atoms with Gasteiger partial charge >= 0.3 is 0 Å². The third kappa shape index (κ3) is 2.49. The molecule has 20 heavy (non-hydrogen) atoms. The van der Waals surface area contributed by atoms with Crippen LogP contribution in [0.25, 0.3) is 0 Å². The zero-order valence-corrected chi connectivity index (χ0v) is 12.3. The Kier molecular flexibility index (Phi) is 3.72. The van der Waals surface area contributed by atoms with Gasteiger partial charge in [0.05, 0.1) is 28.7 Å². The smallest absolute Gasteiger partial charge is 0.258 e. The summed E-state index contributed by atoms with van der Waals surface area (Å²) in [5.41, 5.74) is 8.50. The van der Waals surface area contributed by atoms with Gasteiger partial charge in [-0.1, -0.05) is 0 Å². The molecule has 0 fully saturated rings. The highest BCUT2D eigenvalue weighted by molar-refractivity contribution is 7.16. The molecule has 2 aromatic rings. The maximum absolute atomic E-state index is 12.3. The largest absolute Gasteiger partial charge is 0.397 e. The van der Waals surface area contributed by atoms with Gasteiger partial charge in [0.1, 0.15) is 11.1 Å². The molecule has 0 bridgehead atoms. The first-order valence-electron chi connectivity index (χ1n) is 5.97. The van der Waals surface area contributed by atoms with E-state index in [4.69, 9.17) is 11.0 Å². The van der Waals surface area contributed by atoms with E-state index >= 15 is 0 Å². The summed E-state index contributed by atoms with van der Waals surface area (Å²) in [5.74, 6) is -0.306. The molecule has 2 heterocycles. The van der Waals surface area contributed by atoms with E-state index in [9.17, 15) is 4.79 Å². The van der Waals surface area contributed by atoms with Crippen molar-refractivity contribution in [1.29, 1.82) is 5.26 Å². The van der Waals surface area contributed by atoms with Gasteiger partial charge in [-0.05, 0) is 32.4 Å². The molecule has 102 valence electrons. The van der Waals surface area contributed by atoms with Crippen LogP contribution in [0, 0.1) is 32.1 Å². The summed E-state index contributed by atoms with van der Waals surface area (Å²) in [4.78, 5) is 17.3. The normalized spacial score (nSPS) is 10.1. The van der Waals surface area contributed by atoms with Crippen LogP contribution >= 0.6 is 11.3 Å². The number of nitrogens with zero attached hydrogens (tertiary/aromatic N) is 2. The Morgan fingerprint density at radius 1 is 1.45 bits per heavy atom. The monoisotopic (exact) mass is 286 g/mol. The van der Waals surface area contributed by atoms with E-state index in [-0.39, 0.29) is 5.91 Å². The first-order chi connectivity index (χ1) is 9.43. The highest BCUT2D eigenvalue weighted by atomic mass is 32.1. The van der Waals surface area contributed by atoms with Crippen LogP contribution in [0.4, 0.5) is 10.7 Å². The predicted molar refractivity (Wildman–Crippen MR) is 79.8 cm³/mol. The van der Waals surface area contributed by atoms with Gasteiger partial charge in [-0.25, -0.2) is 0 Å². The van der Waals surface area contributed by atoms with Crippen molar-refractivity contribution in [2.75, 3.05) is 11.1 Å². The Morgan fingerprint density at radius 2 is 2.15 bits per heavy atom. The van der Waals surface area contributed by atoms with Gasteiger partial charge in [0.25, 0.3) is 5.91 Å². The Bertz CT molecular complexity index is 728. The number of nitrogens with two attached hydrogens (primary N) is 1. The Labute approximate surface area is 121 Å². The third-order valence-electron chi connectivity index (χ3n) is 3.08. The van der Waals surface area contributed by atoms with Crippen LogP contribution in [-0.4, -0.2) is 10.9 Å². The maximum atomic E-state index is 12.3. The SMILES string of the molecule is Cc1ncc(N)cc1C(=O)Nc1sc(C)c(C)c1C#N. The molecule has 1 amide bonds. The van der Waals surface area contributed by atoms with E-state index in [0.29, 0.717) is 27.5 Å². The lowest BCUT2D eigenvalue weighted by Crippen LogP contribution is -2.14. The molecule has 2 aromatic heterocycles. The fourth-order valence-corrected chi connectivity index (χ4v) is 2.81. The van der Waals surface area contributed by atoms with Gasteiger partial charge in [0.15, 0.2) is 0 Å². The molecule has 0 aromatic carbocycles. The summed E-state index contributed by atoms with van der Waals surface area (Å²) in [6.45, 7) is 5.53. The van der Waals surface area contributed by atoms with Crippen molar-refractivity contribution in [3.8, 4) is 6.07 Å². The molecule has 6 heteroatoms. The predicted octanol–water partition coefficient (Wildman–Crippen LogP) is 2.77. The fraction of sp³-hybridized carbons (Fsp3) is 0.214. The van der Waals surface area contributed by atoms with Crippen LogP contribution in [0.3, 0.4) is 0 Å². The molecule has 0 aliphatic rings. The number of thiophene rings is 1. The van der Waals surface area contributed by atoms with Crippen molar-refractivity contribution in [3.63, 3.8) is 0 Å². The Morgan fingerprint density at radius 3 is 2.80 bits per heavy atom. The van der Waals surface area contributed by atoms with Gasteiger partial charge in [0.2, 0.25) is 0 Å². The number of nitrogen functional groups attached to an aromatic ring is 1. The van der Waals surface area contributed by atoms with Crippen molar-refractivity contribution in [3.05, 3.63) is 39.5 Å².